The van der Waals surface area contributed by atoms with E-state index >= 15 is 0 Å². The fraction of sp³-hybridized carbons (Fsp3) is 0.462. The SMILES string of the molecule is Cc1cc(N)cc(C(=O)OC2CCCC2)c1. The number of hydrogen-bond donors (Lipinski definition) is 1. The van der Waals surface area contributed by atoms with Gasteiger partial charge in [-0.05, 0) is 56.4 Å². The molecule has 0 aromatic heterocycles. The maximum Gasteiger partial charge on any atom is 0.338 e. The molecule has 0 saturated heterocycles. The highest BCUT2D eigenvalue weighted by Crippen LogP contribution is 2.22. The van der Waals surface area contributed by atoms with Crippen molar-refractivity contribution in [3.05, 3.63) is 29.3 Å². The van der Waals surface area contributed by atoms with Gasteiger partial charge in [0.1, 0.15) is 6.10 Å². The van der Waals surface area contributed by atoms with E-state index in [1.165, 1.54) is 0 Å². The fourth-order valence-corrected chi connectivity index (χ4v) is 2.16. The van der Waals surface area contributed by atoms with Gasteiger partial charge in [0, 0.05) is 5.69 Å². The topological polar surface area (TPSA) is 52.3 Å². The Bertz CT molecular complexity index is 375. The van der Waals surface area contributed by atoms with E-state index in [0.29, 0.717) is 11.3 Å². The largest absolute Gasteiger partial charge is 0.459 e. The van der Waals surface area contributed by atoms with Crippen LogP contribution in [0.3, 0.4) is 0 Å². The van der Waals surface area contributed by atoms with Crippen molar-refractivity contribution in [2.45, 2.75) is 38.7 Å². The Kier molecular flexibility index (Phi) is 3.13. The van der Waals surface area contributed by atoms with Crippen molar-refractivity contribution in [2.75, 3.05) is 5.73 Å². The van der Waals surface area contributed by atoms with Crippen molar-refractivity contribution in [1.82, 2.24) is 0 Å². The molecule has 1 aromatic carbocycles. The monoisotopic (exact) mass is 219 g/mol. The maximum atomic E-state index is 11.8. The van der Waals surface area contributed by atoms with Crippen molar-refractivity contribution < 1.29 is 9.53 Å². The van der Waals surface area contributed by atoms with Gasteiger partial charge in [0.25, 0.3) is 0 Å². The van der Waals surface area contributed by atoms with E-state index in [0.717, 1.165) is 31.2 Å². The summed E-state index contributed by atoms with van der Waals surface area (Å²) in [4.78, 5) is 11.8. The molecule has 1 aliphatic carbocycles. The quantitative estimate of drug-likeness (QED) is 0.614. The molecule has 1 aliphatic rings. The Morgan fingerprint density at radius 3 is 2.62 bits per heavy atom. The molecule has 0 bridgehead atoms. The molecule has 2 rings (SSSR count). The molecule has 0 radical (unpaired) electrons. The molecule has 3 heteroatoms. The van der Waals surface area contributed by atoms with Crippen LogP contribution in [0.2, 0.25) is 0 Å². The zero-order valence-corrected chi connectivity index (χ0v) is 9.53. The van der Waals surface area contributed by atoms with Crippen molar-refractivity contribution in [3.8, 4) is 0 Å². The number of nitrogens with two attached hydrogens (primary N) is 1. The summed E-state index contributed by atoms with van der Waals surface area (Å²) in [5.41, 5.74) is 7.85. The highest BCUT2D eigenvalue weighted by Gasteiger charge is 2.20. The molecule has 0 aliphatic heterocycles. The number of aryl methyl sites for hydroxylation is 1. The molecule has 0 heterocycles. The van der Waals surface area contributed by atoms with Gasteiger partial charge in [-0.1, -0.05) is 0 Å². The Labute approximate surface area is 95.6 Å². The third-order valence-corrected chi connectivity index (χ3v) is 2.91. The van der Waals surface area contributed by atoms with Gasteiger partial charge >= 0.3 is 5.97 Å². The number of benzene rings is 1. The summed E-state index contributed by atoms with van der Waals surface area (Å²) in [5.74, 6) is -0.248. The lowest BCUT2D eigenvalue weighted by atomic mass is 10.1. The molecule has 3 nitrogen and oxygen atoms in total. The summed E-state index contributed by atoms with van der Waals surface area (Å²) < 4.78 is 5.41. The number of rotatable bonds is 2. The Balaban J connectivity index is 2.07. The number of esters is 1. The first-order valence-corrected chi connectivity index (χ1v) is 5.73. The predicted molar refractivity (Wildman–Crippen MR) is 63.3 cm³/mol. The summed E-state index contributed by atoms with van der Waals surface area (Å²) in [6, 6.07) is 5.32. The van der Waals surface area contributed by atoms with E-state index in [9.17, 15) is 4.79 Å². The molecule has 1 aromatic rings. The van der Waals surface area contributed by atoms with Gasteiger partial charge in [0.2, 0.25) is 0 Å². The highest BCUT2D eigenvalue weighted by atomic mass is 16.5. The van der Waals surface area contributed by atoms with E-state index in [1.807, 2.05) is 19.1 Å². The molecular formula is C13H17NO2. The van der Waals surface area contributed by atoms with Crippen LogP contribution in [0.4, 0.5) is 5.69 Å². The summed E-state index contributed by atoms with van der Waals surface area (Å²) >= 11 is 0. The maximum absolute atomic E-state index is 11.8. The first kappa shape index (κ1) is 11.0. The summed E-state index contributed by atoms with van der Waals surface area (Å²) in [6.07, 6.45) is 4.41. The van der Waals surface area contributed by atoms with Crippen LogP contribution in [-0.2, 0) is 4.74 Å². The number of ether oxygens (including phenoxy) is 1. The molecular weight excluding hydrogens is 202 g/mol. The van der Waals surface area contributed by atoms with E-state index in [2.05, 4.69) is 0 Å². The minimum atomic E-state index is -0.248. The summed E-state index contributed by atoms with van der Waals surface area (Å²) in [6.45, 7) is 1.92. The van der Waals surface area contributed by atoms with Gasteiger partial charge in [-0.25, -0.2) is 4.79 Å². The van der Waals surface area contributed by atoms with Gasteiger partial charge in [-0.2, -0.15) is 0 Å². The van der Waals surface area contributed by atoms with Crippen LogP contribution in [0, 0.1) is 6.92 Å². The molecule has 2 N–H and O–H groups in total. The first-order chi connectivity index (χ1) is 7.65. The number of hydrogen-bond acceptors (Lipinski definition) is 3. The van der Waals surface area contributed by atoms with Crippen molar-refractivity contribution >= 4 is 11.7 Å². The molecule has 16 heavy (non-hydrogen) atoms. The minimum Gasteiger partial charge on any atom is -0.459 e. The Morgan fingerprint density at radius 2 is 2.00 bits per heavy atom. The smallest absolute Gasteiger partial charge is 0.338 e. The second-order valence-corrected chi connectivity index (χ2v) is 4.44. The zero-order chi connectivity index (χ0) is 11.5. The Hall–Kier alpha value is -1.51. The summed E-state index contributed by atoms with van der Waals surface area (Å²) in [5, 5.41) is 0. The first-order valence-electron chi connectivity index (χ1n) is 5.73. The van der Waals surface area contributed by atoms with Gasteiger partial charge in [-0.3, -0.25) is 0 Å². The lowest BCUT2D eigenvalue weighted by Crippen LogP contribution is -2.15. The third kappa shape index (κ3) is 2.54. The van der Waals surface area contributed by atoms with Crippen LogP contribution in [0.25, 0.3) is 0 Å². The average Bonchev–Trinajstić information content (AvgIpc) is 2.68. The molecule has 0 amide bonds. The molecule has 0 atom stereocenters. The standard InChI is InChI=1S/C13H17NO2/c1-9-6-10(8-11(14)7-9)13(15)16-12-4-2-3-5-12/h6-8,12H,2-5,14H2,1H3. The lowest BCUT2D eigenvalue weighted by Gasteiger charge is -2.11. The third-order valence-electron chi connectivity index (χ3n) is 2.91. The van der Waals surface area contributed by atoms with E-state index in [4.69, 9.17) is 10.5 Å². The van der Waals surface area contributed by atoms with Crippen molar-refractivity contribution in [3.63, 3.8) is 0 Å². The fourth-order valence-electron chi connectivity index (χ4n) is 2.16. The van der Waals surface area contributed by atoms with Gasteiger partial charge < -0.3 is 10.5 Å². The molecule has 1 saturated carbocycles. The molecule has 86 valence electrons. The van der Waals surface area contributed by atoms with Crippen LogP contribution in [0.1, 0.15) is 41.6 Å². The van der Waals surface area contributed by atoms with E-state index in [-0.39, 0.29) is 12.1 Å². The minimum absolute atomic E-state index is 0.106. The van der Waals surface area contributed by atoms with Crippen LogP contribution < -0.4 is 5.73 Å². The Morgan fingerprint density at radius 1 is 1.31 bits per heavy atom. The normalized spacial score (nSPS) is 16.3. The van der Waals surface area contributed by atoms with Crippen LogP contribution in [-0.4, -0.2) is 12.1 Å². The average molecular weight is 219 g/mol. The zero-order valence-electron chi connectivity index (χ0n) is 9.53. The van der Waals surface area contributed by atoms with Crippen molar-refractivity contribution in [1.29, 1.82) is 0 Å². The molecule has 0 spiro atoms. The lowest BCUT2D eigenvalue weighted by molar-refractivity contribution is 0.0318. The molecule has 1 fully saturated rings. The second-order valence-electron chi connectivity index (χ2n) is 4.44. The molecule has 0 unspecified atom stereocenters. The summed E-state index contributed by atoms with van der Waals surface area (Å²) in [7, 11) is 0. The van der Waals surface area contributed by atoms with Gasteiger partial charge in [0.15, 0.2) is 0 Å². The van der Waals surface area contributed by atoms with Crippen molar-refractivity contribution in [2.24, 2.45) is 0 Å². The van der Waals surface area contributed by atoms with Gasteiger partial charge in [0.05, 0.1) is 5.56 Å². The van der Waals surface area contributed by atoms with E-state index < -0.39 is 0 Å². The highest BCUT2D eigenvalue weighted by molar-refractivity contribution is 5.90. The van der Waals surface area contributed by atoms with Crippen LogP contribution in [0.15, 0.2) is 18.2 Å². The predicted octanol–water partition coefficient (Wildman–Crippen LogP) is 2.68. The van der Waals surface area contributed by atoms with Crippen LogP contribution >= 0.6 is 0 Å². The van der Waals surface area contributed by atoms with Crippen LogP contribution in [0.5, 0.6) is 0 Å². The second kappa shape index (κ2) is 4.56. The van der Waals surface area contributed by atoms with E-state index in [1.54, 1.807) is 6.07 Å². The van der Waals surface area contributed by atoms with Gasteiger partial charge in [-0.15, -0.1) is 0 Å². The number of carbonyl (C=O) groups excluding carboxylic acids is 1. The number of anilines is 1. The number of nitrogen functional groups attached to an aromatic ring is 1. The number of carbonyl (C=O) groups is 1.